The summed E-state index contributed by atoms with van der Waals surface area (Å²) in [5, 5.41) is 10.9. The molecule has 0 amide bonds. The second-order valence-corrected chi connectivity index (χ2v) is 6.92. The van der Waals surface area contributed by atoms with Crippen molar-refractivity contribution < 1.29 is 28.7 Å². The average molecular weight is 443 g/mol. The number of carbonyl (C=O) groups is 2. The Bertz CT molecular complexity index is 1320. The smallest absolute Gasteiger partial charge is 0.343 e. The van der Waals surface area contributed by atoms with E-state index in [9.17, 15) is 19.7 Å². The molecule has 0 N–H and O–H groups in total. The number of para-hydroxylation sites is 1. The maximum atomic E-state index is 12.6. The number of nitro benzene ring substituents is 1. The molecule has 0 spiro atoms. The molecule has 0 saturated carbocycles. The summed E-state index contributed by atoms with van der Waals surface area (Å²) >= 11 is 0. The van der Waals surface area contributed by atoms with Crippen LogP contribution in [0.5, 0.6) is 17.2 Å². The Morgan fingerprint density at radius 3 is 2.67 bits per heavy atom. The van der Waals surface area contributed by atoms with Crippen LogP contribution < -0.4 is 14.2 Å². The van der Waals surface area contributed by atoms with E-state index in [-0.39, 0.29) is 34.3 Å². The number of nitrogens with zero attached hydrogens (tertiary/aromatic N) is 1. The lowest BCUT2D eigenvalue weighted by Gasteiger charge is -2.05. The van der Waals surface area contributed by atoms with Gasteiger partial charge in [-0.05, 0) is 30.3 Å². The van der Waals surface area contributed by atoms with Crippen molar-refractivity contribution in [2.75, 3.05) is 7.11 Å². The maximum absolute atomic E-state index is 12.6. The molecule has 8 nitrogen and oxygen atoms in total. The average Bonchev–Trinajstić information content (AvgIpc) is 3.14. The first-order valence-electron chi connectivity index (χ1n) is 9.81. The van der Waals surface area contributed by atoms with Crippen LogP contribution in [0.25, 0.3) is 6.08 Å². The molecule has 0 aliphatic carbocycles. The summed E-state index contributed by atoms with van der Waals surface area (Å²) in [7, 11) is 1.58. The third kappa shape index (κ3) is 4.64. The number of ether oxygens (including phenoxy) is 3. The number of fused-ring (bicyclic) bond motifs is 1. The van der Waals surface area contributed by atoms with Gasteiger partial charge in [0.25, 0.3) is 5.69 Å². The first-order chi connectivity index (χ1) is 16.0. The fourth-order valence-electron chi connectivity index (χ4n) is 3.20. The molecule has 0 fully saturated rings. The Morgan fingerprint density at radius 2 is 1.88 bits per heavy atom. The van der Waals surface area contributed by atoms with Crippen LogP contribution in [0.3, 0.4) is 0 Å². The first kappa shape index (κ1) is 21.5. The molecule has 0 unspecified atom stereocenters. The molecular formula is C25H17NO7. The van der Waals surface area contributed by atoms with E-state index in [4.69, 9.17) is 14.2 Å². The van der Waals surface area contributed by atoms with Crippen molar-refractivity contribution in [3.63, 3.8) is 0 Å². The van der Waals surface area contributed by atoms with Gasteiger partial charge < -0.3 is 14.2 Å². The van der Waals surface area contributed by atoms with Gasteiger partial charge in [0.1, 0.15) is 17.2 Å². The van der Waals surface area contributed by atoms with Crippen molar-refractivity contribution >= 4 is 23.5 Å². The van der Waals surface area contributed by atoms with E-state index in [1.165, 1.54) is 36.4 Å². The van der Waals surface area contributed by atoms with Crippen LogP contribution in [0.4, 0.5) is 5.69 Å². The number of ketones is 1. The standard InChI is InChI=1S/C25H17NO7/c1-31-21-10-3-2-6-16(21)7-5-11-22-24(27)20-13-12-19(15-23(20)33-22)32-25(28)17-8-4-9-18(14-17)26(29)30/h2-15H,1H3/b7-5+,22-11-. The number of benzene rings is 3. The highest BCUT2D eigenvalue weighted by Crippen LogP contribution is 2.34. The van der Waals surface area contributed by atoms with Gasteiger partial charge in [-0.3, -0.25) is 14.9 Å². The summed E-state index contributed by atoms with van der Waals surface area (Å²) in [6.45, 7) is 0. The van der Waals surface area contributed by atoms with Gasteiger partial charge in [-0.15, -0.1) is 0 Å². The molecule has 1 aliphatic rings. The largest absolute Gasteiger partial charge is 0.496 e. The van der Waals surface area contributed by atoms with Crippen LogP contribution in [-0.2, 0) is 0 Å². The van der Waals surface area contributed by atoms with Crippen molar-refractivity contribution in [3.05, 3.63) is 111 Å². The normalized spacial score (nSPS) is 13.6. The number of rotatable bonds is 6. The van der Waals surface area contributed by atoms with E-state index in [2.05, 4.69) is 0 Å². The third-order valence-corrected chi connectivity index (χ3v) is 4.81. The second kappa shape index (κ2) is 9.19. The Kier molecular flexibility index (Phi) is 5.99. The van der Waals surface area contributed by atoms with Gasteiger partial charge in [0.2, 0.25) is 5.78 Å². The van der Waals surface area contributed by atoms with Gasteiger partial charge in [0.15, 0.2) is 5.76 Å². The van der Waals surface area contributed by atoms with Gasteiger partial charge in [-0.1, -0.05) is 36.4 Å². The number of methoxy groups -OCH3 is 1. The third-order valence-electron chi connectivity index (χ3n) is 4.81. The summed E-state index contributed by atoms with van der Waals surface area (Å²) in [6.07, 6.45) is 5.02. The summed E-state index contributed by atoms with van der Waals surface area (Å²) in [4.78, 5) is 35.3. The Labute approximate surface area is 188 Å². The zero-order valence-electron chi connectivity index (χ0n) is 17.4. The van der Waals surface area contributed by atoms with Crippen LogP contribution in [0.1, 0.15) is 26.3 Å². The number of Topliss-reactive ketones (excluding diaryl/α,β-unsaturated/α-hetero) is 1. The molecule has 3 aromatic carbocycles. The molecule has 0 radical (unpaired) electrons. The molecule has 4 rings (SSSR count). The topological polar surface area (TPSA) is 105 Å². The van der Waals surface area contributed by atoms with E-state index in [1.807, 2.05) is 24.3 Å². The summed E-state index contributed by atoms with van der Waals surface area (Å²) < 4.78 is 16.2. The molecule has 164 valence electrons. The molecule has 1 aliphatic heterocycles. The molecule has 33 heavy (non-hydrogen) atoms. The number of esters is 1. The van der Waals surface area contributed by atoms with Gasteiger partial charge in [0, 0.05) is 23.8 Å². The van der Waals surface area contributed by atoms with Crippen molar-refractivity contribution in [1.29, 1.82) is 0 Å². The lowest BCUT2D eigenvalue weighted by Crippen LogP contribution is -2.08. The van der Waals surface area contributed by atoms with Crippen molar-refractivity contribution in [2.45, 2.75) is 0 Å². The summed E-state index contributed by atoms with van der Waals surface area (Å²) in [5.41, 5.74) is 0.990. The van der Waals surface area contributed by atoms with Gasteiger partial charge in [-0.2, -0.15) is 0 Å². The minimum absolute atomic E-state index is 0.0313. The SMILES string of the molecule is COc1ccccc1/C=C/C=C1\Oc2cc(OC(=O)c3cccc([N+](=O)[O-])c3)ccc2C1=O. The van der Waals surface area contributed by atoms with E-state index in [0.29, 0.717) is 11.3 Å². The molecule has 1 heterocycles. The fraction of sp³-hybridized carbons (Fsp3) is 0.0400. The summed E-state index contributed by atoms with van der Waals surface area (Å²) in [6, 6.07) is 17.0. The van der Waals surface area contributed by atoms with Crippen molar-refractivity contribution in [1.82, 2.24) is 0 Å². The fourth-order valence-corrected chi connectivity index (χ4v) is 3.20. The second-order valence-electron chi connectivity index (χ2n) is 6.92. The molecule has 0 bridgehead atoms. The highest BCUT2D eigenvalue weighted by Gasteiger charge is 2.27. The van der Waals surface area contributed by atoms with Crippen LogP contribution >= 0.6 is 0 Å². The molecule has 0 aromatic heterocycles. The zero-order valence-corrected chi connectivity index (χ0v) is 17.4. The van der Waals surface area contributed by atoms with Crippen LogP contribution in [0, 0.1) is 10.1 Å². The van der Waals surface area contributed by atoms with Gasteiger partial charge in [-0.25, -0.2) is 4.79 Å². The molecule has 8 heteroatoms. The first-order valence-corrected chi connectivity index (χ1v) is 9.81. The monoisotopic (exact) mass is 443 g/mol. The van der Waals surface area contributed by atoms with Crippen molar-refractivity contribution in [2.24, 2.45) is 0 Å². The zero-order chi connectivity index (χ0) is 23.4. The Hall–Kier alpha value is -4.72. The van der Waals surface area contributed by atoms with Gasteiger partial charge >= 0.3 is 5.97 Å². The number of hydrogen-bond donors (Lipinski definition) is 0. The van der Waals surface area contributed by atoms with E-state index in [0.717, 1.165) is 11.6 Å². The number of allylic oxidation sites excluding steroid dienone is 3. The van der Waals surface area contributed by atoms with Crippen molar-refractivity contribution in [3.8, 4) is 17.2 Å². The van der Waals surface area contributed by atoms with E-state index >= 15 is 0 Å². The lowest BCUT2D eigenvalue weighted by atomic mass is 10.1. The minimum Gasteiger partial charge on any atom is -0.496 e. The minimum atomic E-state index is -0.765. The summed E-state index contributed by atoms with van der Waals surface area (Å²) in [5.74, 6) is 0.150. The number of non-ortho nitro benzene ring substituents is 1. The lowest BCUT2D eigenvalue weighted by molar-refractivity contribution is -0.384. The highest BCUT2D eigenvalue weighted by molar-refractivity contribution is 6.12. The van der Waals surface area contributed by atoms with Crippen LogP contribution in [-0.4, -0.2) is 23.8 Å². The quantitative estimate of drug-likeness (QED) is 0.174. The molecule has 0 atom stereocenters. The predicted molar refractivity (Wildman–Crippen MR) is 120 cm³/mol. The van der Waals surface area contributed by atoms with E-state index in [1.54, 1.807) is 25.3 Å². The van der Waals surface area contributed by atoms with E-state index < -0.39 is 10.9 Å². The Balaban J connectivity index is 1.49. The predicted octanol–water partition coefficient (Wildman–Crippen LogP) is 5.00. The Morgan fingerprint density at radius 1 is 1.06 bits per heavy atom. The van der Waals surface area contributed by atoms with Crippen LogP contribution in [0.2, 0.25) is 0 Å². The van der Waals surface area contributed by atoms with Gasteiger partial charge in [0.05, 0.1) is 23.2 Å². The number of nitro groups is 1. The maximum Gasteiger partial charge on any atom is 0.343 e. The molecular weight excluding hydrogens is 426 g/mol. The number of hydrogen-bond acceptors (Lipinski definition) is 7. The highest BCUT2D eigenvalue weighted by atomic mass is 16.6. The molecule has 3 aromatic rings. The number of carbonyl (C=O) groups excluding carboxylic acids is 2. The molecule has 0 saturated heterocycles. The van der Waals surface area contributed by atoms with Crippen LogP contribution in [0.15, 0.2) is 84.6 Å².